The first-order valence-corrected chi connectivity index (χ1v) is 12.4. The van der Waals surface area contributed by atoms with Crippen molar-refractivity contribution in [2.45, 2.75) is 77.0 Å². The van der Waals surface area contributed by atoms with E-state index in [4.69, 9.17) is 18.9 Å². The van der Waals surface area contributed by atoms with Crippen LogP contribution in [0.1, 0.15) is 77.0 Å². The predicted octanol–water partition coefficient (Wildman–Crippen LogP) is 5.47. The molecule has 0 aliphatic heterocycles. The molecule has 0 N–H and O–H groups in total. The van der Waals surface area contributed by atoms with Crippen molar-refractivity contribution in [3.05, 3.63) is 24.3 Å². The Labute approximate surface area is 191 Å². The van der Waals surface area contributed by atoms with Gasteiger partial charge in [-0.3, -0.25) is 9.59 Å². The maximum absolute atomic E-state index is 11.9. The molecule has 6 nitrogen and oxygen atoms in total. The fraction of sp³-hybridized carbons (Fsp3) is 0.692. The average Bonchev–Trinajstić information content (AvgIpc) is 2.81. The number of carbonyl (C=O) groups excluding carboxylic acids is 2. The second kappa shape index (κ2) is 14.0. The van der Waals surface area contributed by atoms with E-state index in [1.54, 1.807) is 6.07 Å². The summed E-state index contributed by atoms with van der Waals surface area (Å²) in [6.45, 7) is 1.10. The van der Waals surface area contributed by atoms with E-state index in [-0.39, 0.29) is 25.2 Å². The van der Waals surface area contributed by atoms with Crippen LogP contribution in [0.3, 0.4) is 0 Å². The van der Waals surface area contributed by atoms with Crippen LogP contribution in [-0.2, 0) is 19.1 Å². The molecule has 0 unspecified atom stereocenters. The van der Waals surface area contributed by atoms with E-state index in [9.17, 15) is 9.59 Å². The highest BCUT2D eigenvalue weighted by Gasteiger charge is 2.18. The summed E-state index contributed by atoms with van der Waals surface area (Å²) in [5.74, 6) is 2.02. The van der Waals surface area contributed by atoms with Gasteiger partial charge in [0, 0.05) is 18.9 Å². The highest BCUT2D eigenvalue weighted by atomic mass is 16.6. The van der Waals surface area contributed by atoms with Gasteiger partial charge in [-0.25, -0.2) is 0 Å². The van der Waals surface area contributed by atoms with Crippen LogP contribution in [-0.4, -0.2) is 38.4 Å². The minimum absolute atomic E-state index is 0.129. The number of benzene rings is 1. The Morgan fingerprint density at radius 1 is 0.656 bits per heavy atom. The molecule has 1 aromatic carbocycles. The van der Waals surface area contributed by atoms with Gasteiger partial charge in [0.2, 0.25) is 0 Å². The van der Waals surface area contributed by atoms with Gasteiger partial charge in [-0.15, -0.1) is 0 Å². The normalized spacial score (nSPS) is 17.5. The van der Waals surface area contributed by atoms with Crippen LogP contribution in [0.25, 0.3) is 0 Å². The van der Waals surface area contributed by atoms with Crippen LogP contribution in [0.2, 0.25) is 0 Å². The van der Waals surface area contributed by atoms with Crippen LogP contribution in [0.4, 0.5) is 0 Å². The SMILES string of the molecule is O=C(CC1CCCCC1)OCCOc1cccc(OCCOC(=O)CC2CCCCC2)c1. The summed E-state index contributed by atoms with van der Waals surface area (Å²) in [6, 6.07) is 7.30. The monoisotopic (exact) mass is 446 g/mol. The lowest BCUT2D eigenvalue weighted by Crippen LogP contribution is -2.17. The van der Waals surface area contributed by atoms with E-state index in [0.717, 1.165) is 25.7 Å². The van der Waals surface area contributed by atoms with Crippen molar-refractivity contribution >= 4 is 11.9 Å². The molecule has 0 heterocycles. The zero-order chi connectivity index (χ0) is 22.4. The highest BCUT2D eigenvalue weighted by molar-refractivity contribution is 5.70. The molecule has 0 radical (unpaired) electrons. The Bertz CT molecular complexity index is 636. The third-order valence-corrected chi connectivity index (χ3v) is 6.40. The third-order valence-electron chi connectivity index (χ3n) is 6.40. The number of hydrogen-bond acceptors (Lipinski definition) is 6. The Balaban J connectivity index is 1.25. The van der Waals surface area contributed by atoms with Gasteiger partial charge in [0.1, 0.15) is 37.9 Å². The molecule has 0 saturated heterocycles. The topological polar surface area (TPSA) is 71.1 Å². The van der Waals surface area contributed by atoms with Crippen LogP contribution in [0.15, 0.2) is 24.3 Å². The minimum atomic E-state index is -0.129. The zero-order valence-electron chi connectivity index (χ0n) is 19.2. The smallest absolute Gasteiger partial charge is 0.306 e. The molecule has 0 amide bonds. The Morgan fingerprint density at radius 3 is 1.53 bits per heavy atom. The summed E-state index contributed by atoms with van der Waals surface area (Å²) in [7, 11) is 0. The highest BCUT2D eigenvalue weighted by Crippen LogP contribution is 2.27. The molecule has 0 bridgehead atoms. The number of rotatable bonds is 12. The lowest BCUT2D eigenvalue weighted by atomic mass is 9.87. The van der Waals surface area contributed by atoms with Crippen LogP contribution in [0, 0.1) is 11.8 Å². The van der Waals surface area contributed by atoms with E-state index in [1.807, 2.05) is 18.2 Å². The van der Waals surface area contributed by atoms with Gasteiger partial charge >= 0.3 is 11.9 Å². The average molecular weight is 447 g/mol. The first kappa shape index (κ1) is 24.4. The summed E-state index contributed by atoms with van der Waals surface area (Å²) in [6.07, 6.45) is 13.1. The number of ether oxygens (including phenoxy) is 4. The maximum atomic E-state index is 11.9. The fourth-order valence-corrected chi connectivity index (χ4v) is 4.66. The Kier molecular flexibility index (Phi) is 10.7. The fourth-order valence-electron chi connectivity index (χ4n) is 4.66. The van der Waals surface area contributed by atoms with E-state index in [1.165, 1.54) is 38.5 Å². The van der Waals surface area contributed by atoms with Gasteiger partial charge < -0.3 is 18.9 Å². The van der Waals surface area contributed by atoms with Gasteiger partial charge in [0.15, 0.2) is 0 Å². The molecule has 6 heteroatoms. The molecule has 178 valence electrons. The molecular weight excluding hydrogens is 408 g/mol. The van der Waals surface area contributed by atoms with E-state index in [0.29, 0.717) is 49.4 Å². The lowest BCUT2D eigenvalue weighted by Gasteiger charge is -2.20. The van der Waals surface area contributed by atoms with Crippen LogP contribution >= 0.6 is 0 Å². The Hall–Kier alpha value is -2.24. The lowest BCUT2D eigenvalue weighted by molar-refractivity contribution is -0.146. The van der Waals surface area contributed by atoms with Crippen LogP contribution < -0.4 is 9.47 Å². The van der Waals surface area contributed by atoms with Crippen molar-refractivity contribution in [2.75, 3.05) is 26.4 Å². The molecule has 1 aromatic rings. The molecular formula is C26H38O6. The Morgan fingerprint density at radius 2 is 1.09 bits per heavy atom. The number of esters is 2. The van der Waals surface area contributed by atoms with Crippen molar-refractivity contribution in [3.8, 4) is 11.5 Å². The quantitative estimate of drug-likeness (QED) is 0.313. The minimum Gasteiger partial charge on any atom is -0.490 e. The van der Waals surface area contributed by atoms with E-state index < -0.39 is 0 Å². The first-order chi connectivity index (χ1) is 15.7. The summed E-state index contributed by atoms with van der Waals surface area (Å²) in [5, 5.41) is 0. The van der Waals surface area contributed by atoms with Crippen molar-refractivity contribution in [1.82, 2.24) is 0 Å². The van der Waals surface area contributed by atoms with Gasteiger partial charge in [0.25, 0.3) is 0 Å². The number of hydrogen-bond donors (Lipinski definition) is 0. The summed E-state index contributed by atoms with van der Waals surface area (Å²) < 4.78 is 22.0. The molecule has 2 aliphatic rings. The molecule has 0 spiro atoms. The van der Waals surface area contributed by atoms with Crippen molar-refractivity contribution in [3.63, 3.8) is 0 Å². The van der Waals surface area contributed by atoms with Crippen molar-refractivity contribution in [1.29, 1.82) is 0 Å². The largest absolute Gasteiger partial charge is 0.490 e. The molecule has 2 fully saturated rings. The standard InChI is InChI=1S/C26H38O6/c27-25(18-21-8-3-1-4-9-21)31-16-14-29-23-12-7-13-24(20-23)30-15-17-32-26(28)19-22-10-5-2-6-11-22/h7,12-13,20-22H,1-6,8-11,14-19H2. The molecule has 2 aliphatic carbocycles. The third kappa shape index (κ3) is 9.49. The summed E-state index contributed by atoms with van der Waals surface area (Å²) in [5.41, 5.74) is 0. The molecule has 32 heavy (non-hydrogen) atoms. The molecule has 0 aromatic heterocycles. The first-order valence-electron chi connectivity index (χ1n) is 12.4. The van der Waals surface area contributed by atoms with Gasteiger partial charge in [-0.05, 0) is 49.7 Å². The van der Waals surface area contributed by atoms with Crippen LogP contribution in [0.5, 0.6) is 11.5 Å². The van der Waals surface area contributed by atoms with Gasteiger partial charge in [0.05, 0.1) is 0 Å². The second-order valence-corrected chi connectivity index (χ2v) is 9.03. The summed E-state index contributed by atoms with van der Waals surface area (Å²) in [4.78, 5) is 23.9. The number of carbonyl (C=O) groups is 2. The maximum Gasteiger partial charge on any atom is 0.306 e. The van der Waals surface area contributed by atoms with Crippen molar-refractivity contribution < 1.29 is 28.5 Å². The molecule has 0 atom stereocenters. The predicted molar refractivity (Wildman–Crippen MR) is 122 cm³/mol. The summed E-state index contributed by atoms with van der Waals surface area (Å²) >= 11 is 0. The van der Waals surface area contributed by atoms with E-state index >= 15 is 0 Å². The molecule has 2 saturated carbocycles. The van der Waals surface area contributed by atoms with E-state index in [2.05, 4.69) is 0 Å². The molecule has 3 rings (SSSR count). The second-order valence-electron chi connectivity index (χ2n) is 9.03. The van der Waals surface area contributed by atoms with Gasteiger partial charge in [-0.2, -0.15) is 0 Å². The van der Waals surface area contributed by atoms with Gasteiger partial charge in [-0.1, -0.05) is 44.6 Å². The zero-order valence-corrected chi connectivity index (χ0v) is 19.2. The van der Waals surface area contributed by atoms with Crippen molar-refractivity contribution in [2.24, 2.45) is 11.8 Å².